The number of halogens is 2. The number of methoxy groups -OCH3 is 1. The van der Waals surface area contributed by atoms with Crippen molar-refractivity contribution in [3.63, 3.8) is 0 Å². The molecule has 0 fully saturated rings. The Balaban J connectivity index is 3.07. The van der Waals surface area contributed by atoms with Crippen LogP contribution in [0.4, 0.5) is 0 Å². The summed E-state index contributed by atoms with van der Waals surface area (Å²) in [4.78, 5) is 0. The summed E-state index contributed by atoms with van der Waals surface area (Å²) in [5.74, 6) is 0. The number of benzene rings is 1. The van der Waals surface area contributed by atoms with Gasteiger partial charge in [-0.05, 0) is 30.5 Å². The van der Waals surface area contributed by atoms with Crippen LogP contribution in [0.3, 0.4) is 0 Å². The van der Waals surface area contributed by atoms with Crippen LogP contribution in [0.25, 0.3) is 0 Å². The van der Waals surface area contributed by atoms with Crippen LogP contribution in [-0.2, 0) is 10.3 Å². The second kappa shape index (κ2) is 6.63. The summed E-state index contributed by atoms with van der Waals surface area (Å²) in [5.41, 5.74) is 0.884. The van der Waals surface area contributed by atoms with Crippen molar-refractivity contribution in [2.75, 3.05) is 7.11 Å². The maximum atomic E-state index is 6.08. The lowest BCUT2D eigenvalue weighted by molar-refractivity contribution is -0.0273. The van der Waals surface area contributed by atoms with Crippen molar-refractivity contribution in [1.82, 2.24) is 0 Å². The predicted octanol–water partition coefficient (Wildman–Crippen LogP) is 5.44. The van der Waals surface area contributed by atoms with Crippen molar-refractivity contribution < 1.29 is 4.74 Å². The lowest BCUT2D eigenvalue weighted by atomic mass is 9.86. The second-order valence-electron chi connectivity index (χ2n) is 4.28. The summed E-state index contributed by atoms with van der Waals surface area (Å²) in [6, 6.07) is 5.78. The van der Waals surface area contributed by atoms with Gasteiger partial charge in [-0.15, -0.1) is 0 Å². The molecule has 0 amide bonds. The Morgan fingerprint density at radius 3 is 2.35 bits per heavy atom. The Bertz CT molecular complexity index is 359. The third-order valence-corrected chi connectivity index (χ3v) is 4.08. The number of unbranched alkanes of at least 4 members (excludes halogenated alkanes) is 1. The first-order valence-electron chi connectivity index (χ1n) is 6.10. The SMILES string of the molecule is CCCCC(CC)(OC)c1ccc(Cl)c(Cl)c1. The van der Waals surface area contributed by atoms with E-state index in [2.05, 4.69) is 13.8 Å². The van der Waals surface area contributed by atoms with Crippen LogP contribution in [0, 0.1) is 0 Å². The van der Waals surface area contributed by atoms with Gasteiger partial charge in [0.05, 0.1) is 15.6 Å². The Morgan fingerprint density at radius 1 is 1.18 bits per heavy atom. The first-order chi connectivity index (χ1) is 8.09. The van der Waals surface area contributed by atoms with Gasteiger partial charge in [0.15, 0.2) is 0 Å². The van der Waals surface area contributed by atoms with E-state index in [0.717, 1.165) is 31.2 Å². The van der Waals surface area contributed by atoms with Crippen molar-refractivity contribution in [3.8, 4) is 0 Å². The zero-order valence-corrected chi connectivity index (χ0v) is 12.2. The van der Waals surface area contributed by atoms with Gasteiger partial charge in [0.1, 0.15) is 0 Å². The molecular formula is C14H20Cl2O. The van der Waals surface area contributed by atoms with E-state index in [1.807, 2.05) is 18.2 Å². The van der Waals surface area contributed by atoms with Crippen molar-refractivity contribution in [1.29, 1.82) is 0 Å². The molecule has 1 aromatic rings. The molecule has 3 heteroatoms. The monoisotopic (exact) mass is 274 g/mol. The van der Waals surface area contributed by atoms with E-state index >= 15 is 0 Å². The molecule has 17 heavy (non-hydrogen) atoms. The fourth-order valence-electron chi connectivity index (χ4n) is 2.13. The van der Waals surface area contributed by atoms with Gasteiger partial charge in [-0.2, -0.15) is 0 Å². The van der Waals surface area contributed by atoms with E-state index in [1.54, 1.807) is 7.11 Å². The Morgan fingerprint density at radius 2 is 1.88 bits per heavy atom. The maximum Gasteiger partial charge on any atom is 0.0925 e. The summed E-state index contributed by atoms with van der Waals surface area (Å²) in [6.45, 7) is 4.33. The molecule has 0 aromatic heterocycles. The quantitative estimate of drug-likeness (QED) is 0.672. The molecule has 0 N–H and O–H groups in total. The summed E-state index contributed by atoms with van der Waals surface area (Å²) in [5, 5.41) is 1.18. The third kappa shape index (κ3) is 3.37. The highest BCUT2D eigenvalue weighted by Gasteiger charge is 2.29. The van der Waals surface area contributed by atoms with Crippen LogP contribution in [0.1, 0.15) is 45.1 Å². The van der Waals surface area contributed by atoms with Gasteiger partial charge in [-0.25, -0.2) is 0 Å². The zero-order chi connectivity index (χ0) is 12.9. The van der Waals surface area contributed by atoms with E-state index in [-0.39, 0.29) is 5.60 Å². The number of rotatable bonds is 6. The normalized spacial score (nSPS) is 14.6. The summed E-state index contributed by atoms with van der Waals surface area (Å²) < 4.78 is 5.77. The highest BCUT2D eigenvalue weighted by atomic mass is 35.5. The molecule has 0 aliphatic rings. The van der Waals surface area contributed by atoms with Gasteiger partial charge >= 0.3 is 0 Å². The topological polar surface area (TPSA) is 9.23 Å². The number of hydrogen-bond acceptors (Lipinski definition) is 1. The molecule has 0 bridgehead atoms. The first-order valence-corrected chi connectivity index (χ1v) is 6.86. The minimum atomic E-state index is -0.232. The molecule has 96 valence electrons. The van der Waals surface area contributed by atoms with Gasteiger partial charge in [-0.1, -0.05) is 56.0 Å². The lowest BCUT2D eigenvalue weighted by Gasteiger charge is -2.32. The fourth-order valence-corrected chi connectivity index (χ4v) is 2.43. The molecule has 0 aliphatic heterocycles. The van der Waals surface area contributed by atoms with Crippen LogP contribution >= 0.6 is 23.2 Å². The van der Waals surface area contributed by atoms with Crippen LogP contribution in [0.2, 0.25) is 10.0 Å². The Labute approximate surface area is 114 Å². The van der Waals surface area contributed by atoms with Crippen molar-refractivity contribution in [2.24, 2.45) is 0 Å². The highest BCUT2D eigenvalue weighted by molar-refractivity contribution is 6.42. The molecule has 0 aliphatic carbocycles. The number of hydrogen-bond donors (Lipinski definition) is 0. The van der Waals surface area contributed by atoms with Crippen molar-refractivity contribution >= 4 is 23.2 Å². The van der Waals surface area contributed by atoms with Gasteiger partial charge in [-0.3, -0.25) is 0 Å². The van der Waals surface area contributed by atoms with Crippen molar-refractivity contribution in [2.45, 2.75) is 45.1 Å². The fraction of sp³-hybridized carbons (Fsp3) is 0.571. The largest absolute Gasteiger partial charge is 0.374 e. The van der Waals surface area contributed by atoms with E-state index in [1.165, 1.54) is 0 Å². The van der Waals surface area contributed by atoms with E-state index < -0.39 is 0 Å². The molecule has 1 nitrogen and oxygen atoms in total. The lowest BCUT2D eigenvalue weighted by Crippen LogP contribution is -2.27. The van der Waals surface area contributed by atoms with E-state index in [0.29, 0.717) is 10.0 Å². The minimum absolute atomic E-state index is 0.232. The van der Waals surface area contributed by atoms with E-state index in [9.17, 15) is 0 Å². The molecular weight excluding hydrogens is 255 g/mol. The summed E-state index contributed by atoms with van der Waals surface area (Å²) in [6.07, 6.45) is 4.24. The Hall–Kier alpha value is -0.240. The van der Waals surface area contributed by atoms with Crippen molar-refractivity contribution in [3.05, 3.63) is 33.8 Å². The van der Waals surface area contributed by atoms with Crippen LogP contribution in [0.5, 0.6) is 0 Å². The second-order valence-corrected chi connectivity index (χ2v) is 5.10. The molecule has 0 radical (unpaired) electrons. The molecule has 0 saturated carbocycles. The molecule has 1 rings (SSSR count). The van der Waals surface area contributed by atoms with Gasteiger partial charge in [0.25, 0.3) is 0 Å². The summed E-state index contributed by atoms with van der Waals surface area (Å²) in [7, 11) is 1.77. The predicted molar refractivity (Wildman–Crippen MR) is 75.0 cm³/mol. The maximum absolute atomic E-state index is 6.08. The molecule has 0 spiro atoms. The molecule has 1 atom stereocenters. The molecule has 0 saturated heterocycles. The minimum Gasteiger partial charge on any atom is -0.374 e. The number of ether oxygens (including phenoxy) is 1. The van der Waals surface area contributed by atoms with E-state index in [4.69, 9.17) is 27.9 Å². The molecule has 1 unspecified atom stereocenters. The smallest absolute Gasteiger partial charge is 0.0925 e. The molecule has 0 heterocycles. The first kappa shape index (κ1) is 14.8. The van der Waals surface area contributed by atoms with Gasteiger partial charge in [0, 0.05) is 7.11 Å². The highest BCUT2D eigenvalue weighted by Crippen LogP contribution is 2.37. The molecule has 1 aromatic carbocycles. The van der Waals surface area contributed by atoms with Gasteiger partial charge in [0.2, 0.25) is 0 Å². The zero-order valence-electron chi connectivity index (χ0n) is 10.7. The standard InChI is InChI=1S/C14H20Cl2O/c1-4-6-9-14(5-2,17-3)11-7-8-12(15)13(16)10-11/h7-8,10H,4-6,9H2,1-3H3. The van der Waals surface area contributed by atoms with Crippen LogP contribution in [0.15, 0.2) is 18.2 Å². The summed E-state index contributed by atoms with van der Waals surface area (Å²) >= 11 is 12.0. The third-order valence-electron chi connectivity index (χ3n) is 3.34. The average Bonchev–Trinajstić information content (AvgIpc) is 2.35. The van der Waals surface area contributed by atoms with Gasteiger partial charge < -0.3 is 4.74 Å². The van der Waals surface area contributed by atoms with Crippen LogP contribution < -0.4 is 0 Å². The average molecular weight is 275 g/mol. The Kier molecular flexibility index (Phi) is 5.78. The van der Waals surface area contributed by atoms with Crippen LogP contribution in [-0.4, -0.2) is 7.11 Å².